The van der Waals surface area contributed by atoms with E-state index < -0.39 is 0 Å². The predicted octanol–water partition coefficient (Wildman–Crippen LogP) is 0.867. The third-order valence-electron chi connectivity index (χ3n) is 3.76. The minimum atomic E-state index is 0.264. The van der Waals surface area contributed by atoms with E-state index in [1.54, 1.807) is 4.68 Å². The molecule has 0 radical (unpaired) electrons. The van der Waals surface area contributed by atoms with Crippen LogP contribution in [0.15, 0.2) is 30.3 Å². The molecule has 2 heterocycles. The van der Waals surface area contributed by atoms with E-state index in [9.17, 15) is 5.11 Å². The predicted molar refractivity (Wildman–Crippen MR) is 74.2 cm³/mol. The summed E-state index contributed by atoms with van der Waals surface area (Å²) in [6.45, 7) is 2.94. The van der Waals surface area contributed by atoms with Gasteiger partial charge in [-0.3, -0.25) is 4.90 Å². The second-order valence-corrected chi connectivity index (χ2v) is 5.27. The molecule has 6 nitrogen and oxygen atoms in total. The molecule has 6 heteroatoms. The standard InChI is InChI=1S/C14H19N5O/c20-11-12-5-4-8-18(9-12)10-14-15-16-17-19(14)13-6-2-1-3-7-13/h1-3,6-7,12,20H,4-5,8-11H2. The highest BCUT2D eigenvalue weighted by Gasteiger charge is 2.21. The van der Waals surface area contributed by atoms with Crippen molar-refractivity contribution < 1.29 is 5.11 Å². The molecule has 1 N–H and O–H groups in total. The van der Waals surface area contributed by atoms with Crippen molar-refractivity contribution in [2.24, 2.45) is 5.92 Å². The molecule has 20 heavy (non-hydrogen) atoms. The highest BCUT2D eigenvalue weighted by molar-refractivity contribution is 5.30. The van der Waals surface area contributed by atoms with E-state index in [-0.39, 0.29) is 6.61 Å². The summed E-state index contributed by atoms with van der Waals surface area (Å²) in [5.41, 5.74) is 0.975. The van der Waals surface area contributed by atoms with E-state index in [1.807, 2.05) is 30.3 Å². The molecule has 1 aromatic heterocycles. The van der Waals surface area contributed by atoms with Crippen LogP contribution in [0.3, 0.4) is 0 Å². The van der Waals surface area contributed by atoms with Crippen molar-refractivity contribution in [1.29, 1.82) is 0 Å². The first kappa shape index (κ1) is 13.2. The summed E-state index contributed by atoms with van der Waals surface area (Å²) in [4.78, 5) is 2.32. The molecular weight excluding hydrogens is 254 g/mol. The topological polar surface area (TPSA) is 67.1 Å². The van der Waals surface area contributed by atoms with Gasteiger partial charge in [-0.05, 0) is 47.9 Å². The molecule has 1 aliphatic rings. The summed E-state index contributed by atoms with van der Waals surface area (Å²) < 4.78 is 1.78. The minimum absolute atomic E-state index is 0.264. The molecule has 0 saturated carbocycles. The maximum atomic E-state index is 9.30. The Bertz CT molecular complexity index is 542. The maximum absolute atomic E-state index is 9.30. The van der Waals surface area contributed by atoms with Crippen molar-refractivity contribution in [3.05, 3.63) is 36.2 Å². The van der Waals surface area contributed by atoms with Gasteiger partial charge in [-0.15, -0.1) is 5.10 Å². The number of aliphatic hydroxyl groups excluding tert-OH is 1. The smallest absolute Gasteiger partial charge is 0.170 e. The van der Waals surface area contributed by atoms with Crippen molar-refractivity contribution in [2.45, 2.75) is 19.4 Å². The number of nitrogens with zero attached hydrogens (tertiary/aromatic N) is 5. The van der Waals surface area contributed by atoms with Crippen LogP contribution >= 0.6 is 0 Å². The van der Waals surface area contributed by atoms with Gasteiger partial charge in [0.1, 0.15) is 0 Å². The molecule has 0 spiro atoms. The van der Waals surface area contributed by atoms with E-state index in [1.165, 1.54) is 0 Å². The van der Waals surface area contributed by atoms with E-state index in [2.05, 4.69) is 20.4 Å². The Morgan fingerprint density at radius 1 is 1.25 bits per heavy atom. The van der Waals surface area contributed by atoms with Gasteiger partial charge in [0.15, 0.2) is 5.82 Å². The Hall–Kier alpha value is -1.79. The van der Waals surface area contributed by atoms with Crippen LogP contribution in [0, 0.1) is 5.92 Å². The van der Waals surface area contributed by atoms with Gasteiger partial charge in [0.25, 0.3) is 0 Å². The van der Waals surface area contributed by atoms with Gasteiger partial charge >= 0.3 is 0 Å². The third-order valence-corrected chi connectivity index (χ3v) is 3.76. The normalized spacial score (nSPS) is 20.1. The quantitative estimate of drug-likeness (QED) is 0.895. The first-order valence-electron chi connectivity index (χ1n) is 7.02. The summed E-state index contributed by atoms with van der Waals surface area (Å²) in [5, 5.41) is 21.3. The van der Waals surface area contributed by atoms with Crippen molar-refractivity contribution in [1.82, 2.24) is 25.1 Å². The van der Waals surface area contributed by atoms with Crippen LogP contribution in [0.1, 0.15) is 18.7 Å². The van der Waals surface area contributed by atoms with Crippen LogP contribution in [0.5, 0.6) is 0 Å². The summed E-state index contributed by atoms with van der Waals surface area (Å²) in [7, 11) is 0. The highest BCUT2D eigenvalue weighted by Crippen LogP contribution is 2.18. The molecule has 1 atom stereocenters. The van der Waals surface area contributed by atoms with Crippen molar-refractivity contribution >= 4 is 0 Å². The Labute approximate surface area is 118 Å². The van der Waals surface area contributed by atoms with Gasteiger partial charge < -0.3 is 5.11 Å². The number of rotatable bonds is 4. The lowest BCUT2D eigenvalue weighted by Crippen LogP contribution is -2.37. The highest BCUT2D eigenvalue weighted by atomic mass is 16.3. The van der Waals surface area contributed by atoms with E-state index in [4.69, 9.17) is 0 Å². The Morgan fingerprint density at radius 2 is 2.10 bits per heavy atom. The monoisotopic (exact) mass is 273 g/mol. The lowest BCUT2D eigenvalue weighted by Gasteiger charge is -2.31. The fraction of sp³-hybridized carbons (Fsp3) is 0.500. The van der Waals surface area contributed by atoms with Gasteiger partial charge in [0.2, 0.25) is 0 Å². The number of hydrogen-bond acceptors (Lipinski definition) is 5. The molecule has 106 valence electrons. The summed E-state index contributed by atoms with van der Waals surface area (Å²) in [6, 6.07) is 9.91. The SMILES string of the molecule is OCC1CCCN(Cc2nnnn2-c2ccccc2)C1. The average Bonchev–Trinajstić information content (AvgIpc) is 2.96. The van der Waals surface area contributed by atoms with Crippen molar-refractivity contribution in [3.8, 4) is 5.69 Å². The van der Waals surface area contributed by atoms with E-state index >= 15 is 0 Å². The van der Waals surface area contributed by atoms with Crippen LogP contribution in [0.2, 0.25) is 0 Å². The van der Waals surface area contributed by atoms with Crippen molar-refractivity contribution in [3.63, 3.8) is 0 Å². The van der Waals surface area contributed by atoms with Crippen LogP contribution in [-0.4, -0.2) is 49.9 Å². The minimum Gasteiger partial charge on any atom is -0.396 e. The number of tetrazole rings is 1. The number of piperidine rings is 1. The van der Waals surface area contributed by atoms with Gasteiger partial charge in [-0.25, -0.2) is 0 Å². The molecule has 1 fully saturated rings. The summed E-state index contributed by atoms with van der Waals surface area (Å²) >= 11 is 0. The second kappa shape index (κ2) is 6.11. The van der Waals surface area contributed by atoms with Crippen LogP contribution in [0.25, 0.3) is 5.69 Å². The zero-order valence-electron chi connectivity index (χ0n) is 11.4. The maximum Gasteiger partial charge on any atom is 0.170 e. The van der Waals surface area contributed by atoms with Gasteiger partial charge in [-0.1, -0.05) is 18.2 Å². The molecule has 0 aliphatic carbocycles. The summed E-state index contributed by atoms with van der Waals surface area (Å²) in [6.07, 6.45) is 2.23. The second-order valence-electron chi connectivity index (χ2n) is 5.27. The lowest BCUT2D eigenvalue weighted by molar-refractivity contribution is 0.113. The number of hydrogen-bond donors (Lipinski definition) is 1. The van der Waals surface area contributed by atoms with Crippen LogP contribution in [0.4, 0.5) is 0 Å². The number of aromatic nitrogens is 4. The molecule has 1 unspecified atom stereocenters. The Kier molecular flexibility index (Phi) is 4.03. The molecule has 3 rings (SSSR count). The van der Waals surface area contributed by atoms with Crippen LogP contribution in [-0.2, 0) is 6.54 Å². The Balaban J connectivity index is 1.74. The largest absolute Gasteiger partial charge is 0.396 e. The molecule has 1 aliphatic heterocycles. The molecule has 2 aromatic rings. The zero-order valence-corrected chi connectivity index (χ0v) is 11.4. The molecule has 1 saturated heterocycles. The van der Waals surface area contributed by atoms with E-state index in [0.29, 0.717) is 5.92 Å². The van der Waals surface area contributed by atoms with Gasteiger partial charge in [0.05, 0.1) is 12.2 Å². The Morgan fingerprint density at radius 3 is 2.90 bits per heavy atom. The zero-order chi connectivity index (χ0) is 13.8. The number of para-hydroxylation sites is 1. The summed E-state index contributed by atoms with van der Waals surface area (Å²) in [5.74, 6) is 1.22. The molecular formula is C14H19N5O. The number of likely N-dealkylation sites (tertiary alicyclic amines) is 1. The fourth-order valence-electron chi connectivity index (χ4n) is 2.72. The molecule has 0 amide bonds. The third kappa shape index (κ3) is 2.86. The number of benzene rings is 1. The number of aliphatic hydroxyl groups is 1. The fourth-order valence-corrected chi connectivity index (χ4v) is 2.72. The first-order chi connectivity index (χ1) is 9.86. The lowest BCUT2D eigenvalue weighted by atomic mass is 9.99. The van der Waals surface area contributed by atoms with E-state index in [0.717, 1.165) is 44.0 Å². The molecule has 1 aromatic carbocycles. The van der Waals surface area contributed by atoms with Gasteiger partial charge in [0, 0.05) is 13.2 Å². The average molecular weight is 273 g/mol. The van der Waals surface area contributed by atoms with Crippen LogP contribution < -0.4 is 0 Å². The first-order valence-corrected chi connectivity index (χ1v) is 7.02. The van der Waals surface area contributed by atoms with Gasteiger partial charge in [-0.2, -0.15) is 4.68 Å². The molecule has 0 bridgehead atoms. The van der Waals surface area contributed by atoms with Crippen molar-refractivity contribution in [2.75, 3.05) is 19.7 Å².